The minimum absolute atomic E-state index is 0.237. The third-order valence-electron chi connectivity index (χ3n) is 3.10. The summed E-state index contributed by atoms with van der Waals surface area (Å²) in [6.45, 7) is 5.33. The van der Waals surface area contributed by atoms with Gasteiger partial charge in [0, 0.05) is 6.54 Å². The van der Waals surface area contributed by atoms with Gasteiger partial charge in [-0.25, -0.2) is 4.79 Å². The predicted octanol–water partition coefficient (Wildman–Crippen LogP) is 3.53. The monoisotopic (exact) mass is 299 g/mol. The molecule has 0 aromatic carbocycles. The molecule has 0 saturated carbocycles. The smallest absolute Gasteiger partial charge is 0.344 e. The second kappa shape index (κ2) is 8.79. The molecular weight excluding hydrogens is 274 g/mol. The Morgan fingerprint density at radius 3 is 2.70 bits per heavy atom. The Morgan fingerprint density at radius 1 is 1.35 bits per heavy atom. The minimum Gasteiger partial charge on any atom is -0.465 e. The molecule has 0 bridgehead atoms. The molecule has 0 fully saturated rings. The number of nitrogens with one attached hydrogen (secondary N) is 1. The third kappa shape index (κ3) is 5.36. The van der Waals surface area contributed by atoms with Crippen molar-refractivity contribution in [3.05, 3.63) is 5.56 Å². The molecule has 0 spiro atoms. The number of carbonyl (C=O) groups excluding carboxylic acids is 1. The fraction of sp³-hybridized carbons (Fsp3) is 0.714. The summed E-state index contributed by atoms with van der Waals surface area (Å²) in [6, 6.07) is 0. The average Bonchev–Trinajstić information content (AvgIpc) is 2.77. The summed E-state index contributed by atoms with van der Waals surface area (Å²) in [5.41, 5.74) is 6.03. The Bertz CT molecular complexity index is 419. The van der Waals surface area contributed by atoms with E-state index in [9.17, 15) is 4.79 Å². The zero-order valence-electron chi connectivity index (χ0n) is 12.6. The number of hydrogen-bond acceptors (Lipinski definition) is 6. The SMILES string of the molecule is COC(=O)c1c(N)nsc1NCCCCCCC(C)C. The van der Waals surface area contributed by atoms with Crippen LogP contribution in [-0.2, 0) is 4.74 Å². The highest BCUT2D eigenvalue weighted by atomic mass is 32.1. The molecule has 0 saturated heterocycles. The lowest BCUT2D eigenvalue weighted by molar-refractivity contribution is 0.0603. The van der Waals surface area contributed by atoms with Crippen LogP contribution in [0.3, 0.4) is 0 Å². The van der Waals surface area contributed by atoms with E-state index in [-0.39, 0.29) is 5.82 Å². The fourth-order valence-corrected chi connectivity index (χ4v) is 2.68. The van der Waals surface area contributed by atoms with Crippen molar-refractivity contribution in [2.24, 2.45) is 5.92 Å². The Hall–Kier alpha value is -1.30. The quantitative estimate of drug-likeness (QED) is 0.539. The summed E-state index contributed by atoms with van der Waals surface area (Å²) in [7, 11) is 1.35. The summed E-state index contributed by atoms with van der Waals surface area (Å²) < 4.78 is 8.70. The number of rotatable bonds is 9. The first kappa shape index (κ1) is 16.8. The van der Waals surface area contributed by atoms with Crippen LogP contribution in [0.25, 0.3) is 0 Å². The molecule has 0 radical (unpaired) electrons. The molecule has 0 aliphatic heterocycles. The summed E-state index contributed by atoms with van der Waals surface area (Å²) in [5, 5.41) is 3.93. The zero-order valence-corrected chi connectivity index (χ0v) is 13.4. The standard InChI is InChI=1S/C14H25N3O2S/c1-10(2)8-6-4-5-7-9-16-13-11(14(18)19-3)12(15)17-20-13/h10,16H,4-9H2,1-3H3,(H2,15,17). The Labute approximate surface area is 125 Å². The van der Waals surface area contributed by atoms with Crippen LogP contribution in [0.2, 0.25) is 0 Å². The van der Waals surface area contributed by atoms with Gasteiger partial charge in [0.1, 0.15) is 10.6 Å². The van der Waals surface area contributed by atoms with E-state index in [1.165, 1.54) is 44.3 Å². The van der Waals surface area contributed by atoms with E-state index in [1.807, 2.05) is 0 Å². The van der Waals surface area contributed by atoms with Crippen molar-refractivity contribution in [3.8, 4) is 0 Å². The highest BCUT2D eigenvalue weighted by Gasteiger charge is 2.19. The predicted molar refractivity (Wildman–Crippen MR) is 84.3 cm³/mol. The van der Waals surface area contributed by atoms with E-state index in [0.717, 1.165) is 18.9 Å². The molecule has 0 aliphatic carbocycles. The van der Waals surface area contributed by atoms with Crippen LogP contribution in [-0.4, -0.2) is 24.0 Å². The molecule has 1 heterocycles. The number of ether oxygens (including phenoxy) is 1. The Morgan fingerprint density at radius 2 is 2.05 bits per heavy atom. The second-order valence-corrected chi connectivity index (χ2v) is 6.06. The molecule has 5 nitrogen and oxygen atoms in total. The van der Waals surface area contributed by atoms with E-state index in [2.05, 4.69) is 23.5 Å². The van der Waals surface area contributed by atoms with Crippen molar-refractivity contribution in [3.63, 3.8) is 0 Å². The molecule has 0 amide bonds. The highest BCUT2D eigenvalue weighted by molar-refractivity contribution is 7.11. The number of nitrogens with two attached hydrogens (primary N) is 1. The van der Waals surface area contributed by atoms with Gasteiger partial charge in [0.05, 0.1) is 7.11 Å². The number of unbranched alkanes of at least 4 members (excludes halogenated alkanes) is 3. The molecule has 114 valence electrons. The third-order valence-corrected chi connectivity index (χ3v) is 3.92. The lowest BCUT2D eigenvalue weighted by atomic mass is 10.0. The van der Waals surface area contributed by atoms with Crippen LogP contribution in [0.15, 0.2) is 0 Å². The maximum absolute atomic E-state index is 11.6. The molecular formula is C14H25N3O2S. The number of anilines is 2. The first-order chi connectivity index (χ1) is 9.56. The number of methoxy groups -OCH3 is 1. The van der Waals surface area contributed by atoms with E-state index in [0.29, 0.717) is 10.6 Å². The molecule has 3 N–H and O–H groups in total. The Balaban J connectivity index is 2.27. The molecule has 0 aliphatic rings. The van der Waals surface area contributed by atoms with Crippen molar-refractivity contribution in [2.45, 2.75) is 46.0 Å². The van der Waals surface area contributed by atoms with E-state index in [4.69, 9.17) is 10.5 Å². The number of esters is 1. The van der Waals surface area contributed by atoms with Gasteiger partial charge in [0.25, 0.3) is 0 Å². The zero-order chi connectivity index (χ0) is 15.0. The molecule has 0 atom stereocenters. The van der Waals surface area contributed by atoms with Crippen molar-refractivity contribution in [1.82, 2.24) is 4.37 Å². The molecule has 6 heteroatoms. The van der Waals surface area contributed by atoms with Gasteiger partial charge in [-0.3, -0.25) is 0 Å². The molecule has 1 aromatic heterocycles. The second-order valence-electron chi connectivity index (χ2n) is 5.29. The van der Waals surface area contributed by atoms with Gasteiger partial charge in [0.15, 0.2) is 5.82 Å². The summed E-state index contributed by atoms with van der Waals surface area (Å²) in [4.78, 5) is 11.6. The van der Waals surface area contributed by atoms with Gasteiger partial charge in [-0.15, -0.1) is 0 Å². The van der Waals surface area contributed by atoms with Crippen LogP contribution in [0, 0.1) is 5.92 Å². The van der Waals surface area contributed by atoms with Crippen LogP contribution in [0.5, 0.6) is 0 Å². The lowest BCUT2D eigenvalue weighted by Gasteiger charge is -2.06. The average molecular weight is 299 g/mol. The van der Waals surface area contributed by atoms with Crippen molar-refractivity contribution >= 4 is 28.3 Å². The topological polar surface area (TPSA) is 77.2 Å². The van der Waals surface area contributed by atoms with Gasteiger partial charge in [-0.2, -0.15) is 4.37 Å². The van der Waals surface area contributed by atoms with Crippen LogP contribution >= 0.6 is 11.5 Å². The van der Waals surface area contributed by atoms with Crippen molar-refractivity contribution in [2.75, 3.05) is 24.7 Å². The van der Waals surface area contributed by atoms with Crippen LogP contribution < -0.4 is 11.1 Å². The summed E-state index contributed by atoms with van der Waals surface area (Å²) in [6.07, 6.45) is 6.12. The molecule has 0 unspecified atom stereocenters. The van der Waals surface area contributed by atoms with Crippen LogP contribution in [0.1, 0.15) is 56.3 Å². The fourth-order valence-electron chi connectivity index (χ4n) is 1.96. The van der Waals surface area contributed by atoms with Gasteiger partial charge < -0.3 is 15.8 Å². The number of nitrogen functional groups attached to an aromatic ring is 1. The van der Waals surface area contributed by atoms with E-state index >= 15 is 0 Å². The minimum atomic E-state index is -0.435. The number of carbonyl (C=O) groups is 1. The summed E-state index contributed by atoms with van der Waals surface area (Å²) in [5.74, 6) is 0.591. The van der Waals surface area contributed by atoms with Crippen LogP contribution in [0.4, 0.5) is 10.8 Å². The molecule has 1 rings (SSSR count). The highest BCUT2D eigenvalue weighted by Crippen LogP contribution is 2.27. The molecule has 1 aromatic rings. The maximum Gasteiger partial charge on any atom is 0.344 e. The van der Waals surface area contributed by atoms with Gasteiger partial charge in [-0.1, -0.05) is 39.5 Å². The van der Waals surface area contributed by atoms with Gasteiger partial charge in [-0.05, 0) is 23.9 Å². The number of aromatic nitrogens is 1. The van der Waals surface area contributed by atoms with Gasteiger partial charge in [0.2, 0.25) is 0 Å². The molecule has 20 heavy (non-hydrogen) atoms. The normalized spacial score (nSPS) is 10.8. The number of nitrogens with zero attached hydrogens (tertiary/aromatic N) is 1. The lowest BCUT2D eigenvalue weighted by Crippen LogP contribution is -2.09. The van der Waals surface area contributed by atoms with Crippen molar-refractivity contribution < 1.29 is 9.53 Å². The van der Waals surface area contributed by atoms with E-state index < -0.39 is 5.97 Å². The Kier molecular flexibility index (Phi) is 7.36. The number of hydrogen-bond donors (Lipinski definition) is 2. The summed E-state index contributed by atoms with van der Waals surface area (Å²) >= 11 is 1.21. The largest absolute Gasteiger partial charge is 0.465 e. The van der Waals surface area contributed by atoms with Crippen molar-refractivity contribution in [1.29, 1.82) is 0 Å². The maximum atomic E-state index is 11.6. The van der Waals surface area contributed by atoms with Gasteiger partial charge >= 0.3 is 5.97 Å². The first-order valence-electron chi connectivity index (χ1n) is 7.13. The first-order valence-corrected chi connectivity index (χ1v) is 7.91. The van der Waals surface area contributed by atoms with E-state index in [1.54, 1.807) is 0 Å².